The van der Waals surface area contributed by atoms with Gasteiger partial charge in [0, 0.05) is 23.9 Å². The van der Waals surface area contributed by atoms with E-state index in [2.05, 4.69) is 26.9 Å². The van der Waals surface area contributed by atoms with Gasteiger partial charge in [-0.3, -0.25) is 9.88 Å². The highest BCUT2D eigenvalue weighted by atomic mass is 16.5. The Kier molecular flexibility index (Phi) is 4.61. The van der Waals surface area contributed by atoms with Crippen LogP contribution in [0.4, 0.5) is 0 Å². The summed E-state index contributed by atoms with van der Waals surface area (Å²) in [6, 6.07) is 0.179. The standard InChI is InChI=1S/C17H24N4O2/c1-11-9-18-14(12(2)16(11)22-4)10-21-8-6-5-7-15(21)17-19-13(3)20-23-17/h9,15H,5-8,10H2,1-4H3. The summed E-state index contributed by atoms with van der Waals surface area (Å²) in [5.74, 6) is 2.34. The Labute approximate surface area is 136 Å². The first kappa shape index (κ1) is 15.9. The molecule has 3 rings (SSSR count). The fourth-order valence-electron chi connectivity index (χ4n) is 3.33. The fourth-order valence-corrected chi connectivity index (χ4v) is 3.33. The van der Waals surface area contributed by atoms with E-state index in [0.29, 0.717) is 5.82 Å². The van der Waals surface area contributed by atoms with Crippen LogP contribution in [0.3, 0.4) is 0 Å². The lowest BCUT2D eigenvalue weighted by atomic mass is 10.0. The summed E-state index contributed by atoms with van der Waals surface area (Å²) in [4.78, 5) is 11.4. The van der Waals surface area contributed by atoms with Crippen LogP contribution in [0.2, 0.25) is 0 Å². The zero-order valence-corrected chi connectivity index (χ0v) is 14.3. The second-order valence-electron chi connectivity index (χ2n) is 6.21. The maximum atomic E-state index is 5.52. The Hall–Kier alpha value is -1.95. The van der Waals surface area contributed by atoms with Crippen LogP contribution in [0.5, 0.6) is 5.75 Å². The van der Waals surface area contributed by atoms with Crippen molar-refractivity contribution in [3.8, 4) is 5.75 Å². The van der Waals surface area contributed by atoms with Crippen LogP contribution in [0, 0.1) is 20.8 Å². The molecular weight excluding hydrogens is 292 g/mol. The predicted molar refractivity (Wildman–Crippen MR) is 86.3 cm³/mol. The zero-order chi connectivity index (χ0) is 16.4. The number of pyridine rings is 1. The molecule has 3 heterocycles. The van der Waals surface area contributed by atoms with E-state index in [0.717, 1.165) is 48.0 Å². The van der Waals surface area contributed by atoms with Gasteiger partial charge in [-0.1, -0.05) is 11.6 Å². The minimum atomic E-state index is 0.179. The number of ether oxygens (including phenoxy) is 1. The summed E-state index contributed by atoms with van der Waals surface area (Å²) >= 11 is 0. The highest BCUT2D eigenvalue weighted by Gasteiger charge is 2.29. The third-order valence-corrected chi connectivity index (χ3v) is 4.54. The molecule has 0 amide bonds. The topological polar surface area (TPSA) is 64.3 Å². The first-order valence-corrected chi connectivity index (χ1v) is 8.13. The summed E-state index contributed by atoms with van der Waals surface area (Å²) in [5.41, 5.74) is 3.23. The quantitative estimate of drug-likeness (QED) is 0.863. The summed E-state index contributed by atoms with van der Waals surface area (Å²) in [5, 5.41) is 3.94. The van der Waals surface area contributed by atoms with Crippen molar-refractivity contribution in [3.05, 3.63) is 34.7 Å². The predicted octanol–water partition coefficient (Wildman–Crippen LogP) is 3.13. The van der Waals surface area contributed by atoms with Crippen LogP contribution in [0.1, 0.15) is 53.8 Å². The number of aryl methyl sites for hydroxylation is 2. The van der Waals surface area contributed by atoms with Crippen molar-refractivity contribution in [2.75, 3.05) is 13.7 Å². The van der Waals surface area contributed by atoms with Crippen LogP contribution in [0.15, 0.2) is 10.7 Å². The molecule has 1 aliphatic rings. The zero-order valence-electron chi connectivity index (χ0n) is 14.3. The molecule has 124 valence electrons. The van der Waals surface area contributed by atoms with Gasteiger partial charge < -0.3 is 9.26 Å². The van der Waals surface area contributed by atoms with E-state index in [1.54, 1.807) is 7.11 Å². The SMILES string of the molecule is COc1c(C)cnc(CN2CCCCC2c2nc(C)no2)c1C. The van der Waals surface area contributed by atoms with Gasteiger partial charge in [-0.2, -0.15) is 4.98 Å². The van der Waals surface area contributed by atoms with Crippen LogP contribution in [-0.4, -0.2) is 33.7 Å². The maximum absolute atomic E-state index is 5.52. The summed E-state index contributed by atoms with van der Waals surface area (Å²) in [6.07, 6.45) is 5.30. The molecule has 23 heavy (non-hydrogen) atoms. The van der Waals surface area contributed by atoms with E-state index in [4.69, 9.17) is 9.26 Å². The van der Waals surface area contributed by atoms with Crippen molar-refractivity contribution < 1.29 is 9.26 Å². The molecule has 0 N–H and O–H groups in total. The molecule has 0 bridgehead atoms. The molecule has 0 aliphatic carbocycles. The Morgan fingerprint density at radius 2 is 2.13 bits per heavy atom. The maximum Gasteiger partial charge on any atom is 0.243 e. The van der Waals surface area contributed by atoms with E-state index in [9.17, 15) is 0 Å². The molecule has 0 aromatic carbocycles. The first-order chi connectivity index (χ1) is 11.1. The molecule has 6 nitrogen and oxygen atoms in total. The van der Waals surface area contributed by atoms with Gasteiger partial charge >= 0.3 is 0 Å². The molecule has 1 aliphatic heterocycles. The molecule has 2 aromatic rings. The molecule has 0 saturated carbocycles. The van der Waals surface area contributed by atoms with E-state index >= 15 is 0 Å². The lowest BCUT2D eigenvalue weighted by Crippen LogP contribution is -2.33. The summed E-state index contributed by atoms with van der Waals surface area (Å²) in [6.45, 7) is 7.74. The fraction of sp³-hybridized carbons (Fsp3) is 0.588. The van der Waals surface area contributed by atoms with Gasteiger partial charge in [0.25, 0.3) is 0 Å². The van der Waals surface area contributed by atoms with Crippen molar-refractivity contribution in [3.63, 3.8) is 0 Å². The molecule has 6 heteroatoms. The Bertz CT molecular complexity index is 683. The minimum absolute atomic E-state index is 0.179. The number of piperidine rings is 1. The number of hydrogen-bond donors (Lipinski definition) is 0. The van der Waals surface area contributed by atoms with Gasteiger partial charge in [0.05, 0.1) is 18.8 Å². The average molecular weight is 316 g/mol. The van der Waals surface area contributed by atoms with E-state index in [1.165, 1.54) is 12.8 Å². The van der Waals surface area contributed by atoms with Gasteiger partial charge in [-0.15, -0.1) is 0 Å². The Morgan fingerprint density at radius 1 is 1.30 bits per heavy atom. The van der Waals surface area contributed by atoms with Crippen molar-refractivity contribution in [1.29, 1.82) is 0 Å². The van der Waals surface area contributed by atoms with Gasteiger partial charge in [0.2, 0.25) is 5.89 Å². The van der Waals surface area contributed by atoms with Crippen LogP contribution in [-0.2, 0) is 6.54 Å². The smallest absolute Gasteiger partial charge is 0.243 e. The van der Waals surface area contributed by atoms with Gasteiger partial charge in [0.15, 0.2) is 5.82 Å². The number of hydrogen-bond acceptors (Lipinski definition) is 6. The number of aromatic nitrogens is 3. The second-order valence-corrected chi connectivity index (χ2v) is 6.21. The molecule has 1 saturated heterocycles. The lowest BCUT2D eigenvalue weighted by molar-refractivity contribution is 0.110. The average Bonchev–Trinajstić information content (AvgIpc) is 2.97. The van der Waals surface area contributed by atoms with Gasteiger partial charge in [-0.05, 0) is 40.2 Å². The van der Waals surface area contributed by atoms with Gasteiger partial charge in [-0.25, -0.2) is 0 Å². The first-order valence-electron chi connectivity index (χ1n) is 8.13. The Morgan fingerprint density at radius 3 is 2.83 bits per heavy atom. The van der Waals surface area contributed by atoms with E-state index in [1.807, 2.05) is 20.0 Å². The van der Waals surface area contributed by atoms with Crippen LogP contribution >= 0.6 is 0 Å². The van der Waals surface area contributed by atoms with Crippen molar-refractivity contribution >= 4 is 0 Å². The molecule has 0 radical (unpaired) electrons. The van der Waals surface area contributed by atoms with Gasteiger partial charge in [0.1, 0.15) is 5.75 Å². The normalized spacial score (nSPS) is 19.0. The number of rotatable bonds is 4. The molecule has 0 spiro atoms. The lowest BCUT2D eigenvalue weighted by Gasteiger charge is -2.33. The molecular formula is C17H24N4O2. The third-order valence-electron chi connectivity index (χ3n) is 4.54. The van der Waals surface area contributed by atoms with Crippen molar-refractivity contribution in [2.24, 2.45) is 0 Å². The van der Waals surface area contributed by atoms with E-state index < -0.39 is 0 Å². The minimum Gasteiger partial charge on any atom is -0.496 e. The van der Waals surface area contributed by atoms with E-state index in [-0.39, 0.29) is 6.04 Å². The molecule has 1 atom stereocenters. The van der Waals surface area contributed by atoms with Crippen molar-refractivity contribution in [1.82, 2.24) is 20.0 Å². The van der Waals surface area contributed by atoms with Crippen LogP contribution < -0.4 is 4.74 Å². The van der Waals surface area contributed by atoms with Crippen LogP contribution in [0.25, 0.3) is 0 Å². The second kappa shape index (κ2) is 6.66. The summed E-state index contributed by atoms with van der Waals surface area (Å²) in [7, 11) is 1.71. The summed E-state index contributed by atoms with van der Waals surface area (Å²) < 4.78 is 10.9. The number of likely N-dealkylation sites (tertiary alicyclic amines) is 1. The highest BCUT2D eigenvalue weighted by Crippen LogP contribution is 2.32. The Balaban J connectivity index is 1.85. The number of methoxy groups -OCH3 is 1. The number of nitrogens with zero attached hydrogens (tertiary/aromatic N) is 4. The van der Waals surface area contributed by atoms with Crippen molar-refractivity contribution in [2.45, 2.75) is 52.6 Å². The highest BCUT2D eigenvalue weighted by molar-refractivity contribution is 5.41. The molecule has 1 fully saturated rings. The molecule has 1 unspecified atom stereocenters. The third kappa shape index (κ3) is 3.22. The molecule has 2 aromatic heterocycles. The monoisotopic (exact) mass is 316 g/mol. The largest absolute Gasteiger partial charge is 0.496 e.